The second kappa shape index (κ2) is 7.34. The normalized spacial score (nSPS) is 10.7. The van der Waals surface area contributed by atoms with E-state index in [0.717, 1.165) is 24.3 Å². The van der Waals surface area contributed by atoms with E-state index in [1.54, 1.807) is 0 Å². The van der Waals surface area contributed by atoms with Crippen molar-refractivity contribution in [1.29, 1.82) is 0 Å². The Morgan fingerprint density at radius 2 is 1.60 bits per heavy atom. The number of hydrogen-bond acceptors (Lipinski definition) is 3. The van der Waals surface area contributed by atoms with Crippen molar-refractivity contribution in [3.63, 3.8) is 0 Å². The summed E-state index contributed by atoms with van der Waals surface area (Å²) in [5.74, 6) is 0. The maximum Gasteiger partial charge on any atom is 0.0561 e. The first kappa shape index (κ1) is 14.1. The molecular formula is C17H21N3. The zero-order valence-corrected chi connectivity index (χ0v) is 12.1. The quantitative estimate of drug-likeness (QED) is 0.633. The van der Waals surface area contributed by atoms with Crippen LogP contribution in [0.25, 0.3) is 0 Å². The molecular weight excluding hydrogens is 246 g/mol. The van der Waals surface area contributed by atoms with Crippen LogP contribution in [0.2, 0.25) is 0 Å². The summed E-state index contributed by atoms with van der Waals surface area (Å²) in [5, 5.41) is 4.24. The summed E-state index contributed by atoms with van der Waals surface area (Å²) < 4.78 is 0. The Labute approximate surface area is 120 Å². The first-order valence-corrected chi connectivity index (χ1v) is 7.02. The summed E-state index contributed by atoms with van der Waals surface area (Å²) in [5.41, 5.74) is 6.34. The van der Waals surface area contributed by atoms with Gasteiger partial charge in [0.15, 0.2) is 0 Å². The van der Waals surface area contributed by atoms with Crippen molar-refractivity contribution < 1.29 is 0 Å². The van der Waals surface area contributed by atoms with E-state index in [0.29, 0.717) is 0 Å². The van der Waals surface area contributed by atoms with Gasteiger partial charge in [0.25, 0.3) is 0 Å². The summed E-state index contributed by atoms with van der Waals surface area (Å²) in [7, 11) is 0. The number of hydrogen-bond donors (Lipinski definition) is 1. The zero-order valence-electron chi connectivity index (χ0n) is 12.1. The lowest BCUT2D eigenvalue weighted by Crippen LogP contribution is -2.21. The predicted octanol–water partition coefficient (Wildman–Crippen LogP) is 3.98. The Morgan fingerprint density at radius 3 is 2.20 bits per heavy atom. The number of para-hydroxylation sites is 1. The standard InChI is InChI=1S/C17H21N3/c1-3-20(4-2)17-12-10-15(11-13-17)14-18-19-16-8-6-5-7-9-16/h5-14,19H,3-4H2,1-2H3/b18-14-. The molecule has 0 radical (unpaired) electrons. The fraction of sp³-hybridized carbons (Fsp3) is 0.235. The van der Waals surface area contributed by atoms with Gasteiger partial charge in [0, 0.05) is 18.8 Å². The lowest BCUT2D eigenvalue weighted by molar-refractivity contribution is 0.866. The molecule has 0 saturated carbocycles. The molecule has 0 atom stereocenters. The maximum absolute atomic E-state index is 4.24. The van der Waals surface area contributed by atoms with Gasteiger partial charge in [0.05, 0.1) is 11.9 Å². The highest BCUT2D eigenvalue weighted by atomic mass is 15.3. The monoisotopic (exact) mass is 267 g/mol. The van der Waals surface area contributed by atoms with E-state index < -0.39 is 0 Å². The highest BCUT2D eigenvalue weighted by molar-refractivity contribution is 5.81. The van der Waals surface area contributed by atoms with Crippen LogP contribution in [0.5, 0.6) is 0 Å². The van der Waals surface area contributed by atoms with Crippen LogP contribution in [0.15, 0.2) is 59.7 Å². The molecule has 104 valence electrons. The van der Waals surface area contributed by atoms with Crippen molar-refractivity contribution in [2.24, 2.45) is 5.10 Å². The highest BCUT2D eigenvalue weighted by Crippen LogP contribution is 2.14. The number of nitrogens with one attached hydrogen (secondary N) is 1. The Kier molecular flexibility index (Phi) is 5.18. The summed E-state index contributed by atoms with van der Waals surface area (Å²) >= 11 is 0. The third-order valence-electron chi connectivity index (χ3n) is 3.20. The van der Waals surface area contributed by atoms with Crippen molar-refractivity contribution in [2.75, 3.05) is 23.4 Å². The van der Waals surface area contributed by atoms with Gasteiger partial charge in [-0.3, -0.25) is 5.43 Å². The summed E-state index contributed by atoms with van der Waals surface area (Å²) in [4.78, 5) is 2.32. The molecule has 1 N–H and O–H groups in total. The van der Waals surface area contributed by atoms with Gasteiger partial charge in [0.2, 0.25) is 0 Å². The van der Waals surface area contributed by atoms with Crippen LogP contribution < -0.4 is 10.3 Å². The smallest absolute Gasteiger partial charge is 0.0561 e. The molecule has 2 rings (SSSR count). The van der Waals surface area contributed by atoms with E-state index in [9.17, 15) is 0 Å². The molecule has 3 heteroatoms. The van der Waals surface area contributed by atoms with Gasteiger partial charge in [-0.15, -0.1) is 0 Å². The van der Waals surface area contributed by atoms with Gasteiger partial charge >= 0.3 is 0 Å². The molecule has 0 amide bonds. The molecule has 2 aromatic rings. The van der Waals surface area contributed by atoms with Gasteiger partial charge in [0.1, 0.15) is 0 Å². The largest absolute Gasteiger partial charge is 0.372 e. The molecule has 2 aromatic carbocycles. The average molecular weight is 267 g/mol. The number of nitrogens with zero attached hydrogens (tertiary/aromatic N) is 2. The van der Waals surface area contributed by atoms with Crippen LogP contribution in [0.1, 0.15) is 19.4 Å². The van der Waals surface area contributed by atoms with Gasteiger partial charge in [-0.05, 0) is 43.7 Å². The Morgan fingerprint density at radius 1 is 0.950 bits per heavy atom. The molecule has 0 aliphatic rings. The molecule has 0 heterocycles. The Bertz CT molecular complexity index is 528. The van der Waals surface area contributed by atoms with Crippen molar-refractivity contribution in [2.45, 2.75) is 13.8 Å². The van der Waals surface area contributed by atoms with E-state index in [4.69, 9.17) is 0 Å². The molecule has 0 saturated heterocycles. The molecule has 0 spiro atoms. The fourth-order valence-corrected chi connectivity index (χ4v) is 2.05. The van der Waals surface area contributed by atoms with E-state index in [1.807, 2.05) is 36.5 Å². The topological polar surface area (TPSA) is 27.6 Å². The predicted molar refractivity (Wildman–Crippen MR) is 87.7 cm³/mol. The Hall–Kier alpha value is -2.29. The number of benzene rings is 2. The third-order valence-corrected chi connectivity index (χ3v) is 3.20. The van der Waals surface area contributed by atoms with Crippen LogP contribution >= 0.6 is 0 Å². The lowest BCUT2D eigenvalue weighted by atomic mass is 10.2. The van der Waals surface area contributed by atoms with Gasteiger partial charge < -0.3 is 4.90 Å². The fourth-order valence-electron chi connectivity index (χ4n) is 2.05. The SMILES string of the molecule is CCN(CC)c1ccc(/C=N\Nc2ccccc2)cc1. The van der Waals surface area contributed by atoms with Crippen LogP contribution in [-0.2, 0) is 0 Å². The highest BCUT2D eigenvalue weighted by Gasteiger charge is 2.00. The molecule has 0 aliphatic heterocycles. The van der Waals surface area contributed by atoms with E-state index in [2.05, 4.69) is 53.5 Å². The van der Waals surface area contributed by atoms with E-state index in [-0.39, 0.29) is 0 Å². The van der Waals surface area contributed by atoms with Gasteiger partial charge in [-0.2, -0.15) is 5.10 Å². The third kappa shape index (κ3) is 3.85. The second-order valence-electron chi connectivity index (χ2n) is 4.50. The first-order valence-electron chi connectivity index (χ1n) is 7.02. The molecule has 0 aromatic heterocycles. The van der Waals surface area contributed by atoms with Crippen LogP contribution in [-0.4, -0.2) is 19.3 Å². The molecule has 0 fully saturated rings. The van der Waals surface area contributed by atoms with Gasteiger partial charge in [-0.25, -0.2) is 0 Å². The van der Waals surface area contributed by atoms with Crippen molar-refractivity contribution in [3.05, 3.63) is 60.2 Å². The minimum Gasteiger partial charge on any atom is -0.372 e. The summed E-state index contributed by atoms with van der Waals surface area (Å²) in [6.07, 6.45) is 1.83. The molecule has 0 bridgehead atoms. The first-order chi connectivity index (χ1) is 9.83. The number of hydrazone groups is 1. The molecule has 20 heavy (non-hydrogen) atoms. The minimum atomic E-state index is 0.989. The molecule has 0 unspecified atom stereocenters. The van der Waals surface area contributed by atoms with Crippen LogP contribution in [0.3, 0.4) is 0 Å². The molecule has 3 nitrogen and oxygen atoms in total. The minimum absolute atomic E-state index is 0.989. The molecule has 0 aliphatic carbocycles. The number of anilines is 2. The second-order valence-corrected chi connectivity index (χ2v) is 4.50. The summed E-state index contributed by atoms with van der Waals surface area (Å²) in [6, 6.07) is 18.4. The zero-order chi connectivity index (χ0) is 14.2. The van der Waals surface area contributed by atoms with Crippen molar-refractivity contribution >= 4 is 17.6 Å². The van der Waals surface area contributed by atoms with E-state index in [1.165, 1.54) is 5.69 Å². The van der Waals surface area contributed by atoms with Crippen LogP contribution in [0, 0.1) is 0 Å². The van der Waals surface area contributed by atoms with Crippen LogP contribution in [0.4, 0.5) is 11.4 Å². The maximum atomic E-state index is 4.24. The van der Waals surface area contributed by atoms with Crippen molar-refractivity contribution in [3.8, 4) is 0 Å². The van der Waals surface area contributed by atoms with Gasteiger partial charge in [-0.1, -0.05) is 30.3 Å². The lowest BCUT2D eigenvalue weighted by Gasteiger charge is -2.20. The summed E-state index contributed by atoms with van der Waals surface area (Å²) in [6.45, 7) is 6.39. The van der Waals surface area contributed by atoms with Crippen molar-refractivity contribution in [1.82, 2.24) is 0 Å². The Balaban J connectivity index is 1.97. The average Bonchev–Trinajstić information content (AvgIpc) is 2.51. The number of rotatable bonds is 6. The van der Waals surface area contributed by atoms with E-state index >= 15 is 0 Å².